The highest BCUT2D eigenvalue weighted by Crippen LogP contribution is 2.34. The minimum Gasteiger partial charge on any atom is -0.449 e. The van der Waals surface area contributed by atoms with E-state index in [0.717, 1.165) is 6.07 Å². The summed E-state index contributed by atoms with van der Waals surface area (Å²) in [7, 11) is 0. The zero-order valence-corrected chi connectivity index (χ0v) is 17.9. The second-order valence-electron chi connectivity index (χ2n) is 6.98. The summed E-state index contributed by atoms with van der Waals surface area (Å²) in [5.74, 6) is -1.28. The molecule has 0 aliphatic carbocycles. The molecule has 2 heterocycles. The Morgan fingerprint density at radius 2 is 1.88 bits per heavy atom. The second-order valence-corrected chi connectivity index (χ2v) is 7.87. The molecule has 0 radical (unpaired) electrons. The molecule has 1 aromatic carbocycles. The maximum absolute atomic E-state index is 13.2. The van der Waals surface area contributed by atoms with Gasteiger partial charge in [0.2, 0.25) is 0 Å². The Hall–Kier alpha value is -3.15. The number of hydrogen-bond acceptors (Lipinski definition) is 6. The van der Waals surface area contributed by atoms with Gasteiger partial charge >= 0.3 is 12.3 Å². The third kappa shape index (κ3) is 5.55. The first-order valence-electron chi connectivity index (χ1n) is 9.84. The molecule has 1 aliphatic rings. The minimum atomic E-state index is -4.61. The smallest absolute Gasteiger partial charge is 0.426 e. The van der Waals surface area contributed by atoms with E-state index < -0.39 is 29.6 Å². The number of hydrazine groups is 1. The molecule has 0 atom stereocenters. The van der Waals surface area contributed by atoms with Gasteiger partial charge in [-0.1, -0.05) is 12.1 Å². The van der Waals surface area contributed by atoms with Gasteiger partial charge in [0.25, 0.3) is 11.8 Å². The maximum atomic E-state index is 13.2. The van der Waals surface area contributed by atoms with Gasteiger partial charge in [-0.2, -0.15) is 13.2 Å². The van der Waals surface area contributed by atoms with Gasteiger partial charge in [0.05, 0.1) is 22.7 Å². The summed E-state index contributed by atoms with van der Waals surface area (Å²) in [5, 5.41) is 2.24. The van der Waals surface area contributed by atoms with Crippen LogP contribution in [0.25, 0.3) is 0 Å². The normalized spacial score (nSPS) is 14.7. The van der Waals surface area contributed by atoms with Crippen LogP contribution in [0.5, 0.6) is 0 Å². The van der Waals surface area contributed by atoms with Crippen LogP contribution in [-0.2, 0) is 10.9 Å². The largest absolute Gasteiger partial charge is 0.449 e. The summed E-state index contributed by atoms with van der Waals surface area (Å²) in [5.41, 5.74) is 3.11. The summed E-state index contributed by atoms with van der Waals surface area (Å²) in [6.07, 6.45) is -4.38. The van der Waals surface area contributed by atoms with Crippen LogP contribution < -0.4 is 10.9 Å². The Morgan fingerprint density at radius 1 is 1.19 bits per heavy atom. The standard InChI is InChI=1S/C20H21F3N4O4S/c1-2-31-19(30)26-25-16(28)15-11-32-17(24-15)12-7-9-27(10-8-12)18(29)13-5-3-4-6-14(13)20(21,22)23/h3-6,11-12H,2,7-10H2,1H3,(H,25,28)(H,26,30). The highest BCUT2D eigenvalue weighted by atomic mass is 32.1. The molecule has 1 fully saturated rings. The van der Waals surface area contributed by atoms with Crippen LogP contribution in [0.2, 0.25) is 0 Å². The van der Waals surface area contributed by atoms with E-state index in [9.17, 15) is 27.6 Å². The molecule has 32 heavy (non-hydrogen) atoms. The predicted octanol–water partition coefficient (Wildman–Crippen LogP) is 3.57. The Balaban J connectivity index is 1.58. The first-order valence-corrected chi connectivity index (χ1v) is 10.7. The first-order chi connectivity index (χ1) is 15.2. The van der Waals surface area contributed by atoms with Crippen molar-refractivity contribution in [2.75, 3.05) is 19.7 Å². The number of rotatable bonds is 4. The lowest BCUT2D eigenvalue weighted by Crippen LogP contribution is -2.42. The maximum Gasteiger partial charge on any atom is 0.426 e. The van der Waals surface area contributed by atoms with Crippen molar-refractivity contribution >= 4 is 29.2 Å². The van der Waals surface area contributed by atoms with Gasteiger partial charge in [-0.15, -0.1) is 11.3 Å². The van der Waals surface area contributed by atoms with Crippen molar-refractivity contribution in [3.8, 4) is 0 Å². The monoisotopic (exact) mass is 470 g/mol. The quantitative estimate of drug-likeness (QED) is 0.666. The van der Waals surface area contributed by atoms with E-state index in [0.29, 0.717) is 17.8 Å². The number of benzene rings is 1. The SMILES string of the molecule is CCOC(=O)NNC(=O)c1csc(C2CCN(C(=O)c3ccccc3C(F)(F)F)CC2)n1. The molecule has 1 aliphatic heterocycles. The molecule has 0 bridgehead atoms. The minimum absolute atomic E-state index is 0.0264. The summed E-state index contributed by atoms with van der Waals surface area (Å²) in [4.78, 5) is 41.7. The molecule has 8 nitrogen and oxygen atoms in total. The van der Waals surface area contributed by atoms with E-state index in [1.807, 2.05) is 0 Å². The summed E-state index contributed by atoms with van der Waals surface area (Å²) in [6.45, 7) is 2.34. The fourth-order valence-electron chi connectivity index (χ4n) is 3.34. The molecular formula is C20H21F3N4O4S. The van der Waals surface area contributed by atoms with E-state index in [2.05, 4.69) is 20.6 Å². The molecule has 0 saturated carbocycles. The summed E-state index contributed by atoms with van der Waals surface area (Å²) < 4.78 is 44.3. The average molecular weight is 470 g/mol. The lowest BCUT2D eigenvalue weighted by molar-refractivity contribution is -0.138. The van der Waals surface area contributed by atoms with Crippen LogP contribution in [0.15, 0.2) is 29.6 Å². The Kier molecular flexibility index (Phi) is 7.33. The van der Waals surface area contributed by atoms with Crippen molar-refractivity contribution in [3.63, 3.8) is 0 Å². The van der Waals surface area contributed by atoms with E-state index in [1.165, 1.54) is 34.4 Å². The topological polar surface area (TPSA) is 101 Å². The van der Waals surface area contributed by atoms with E-state index >= 15 is 0 Å². The highest BCUT2D eigenvalue weighted by molar-refractivity contribution is 7.09. The fourth-order valence-corrected chi connectivity index (χ4v) is 4.31. The molecule has 2 N–H and O–H groups in total. The lowest BCUT2D eigenvalue weighted by atomic mass is 9.96. The number of nitrogens with one attached hydrogen (secondary N) is 2. The molecule has 3 rings (SSSR count). The van der Waals surface area contributed by atoms with E-state index in [1.54, 1.807) is 12.3 Å². The average Bonchev–Trinajstić information content (AvgIpc) is 3.27. The number of hydrogen-bond donors (Lipinski definition) is 2. The number of ether oxygens (including phenoxy) is 1. The number of alkyl halides is 3. The van der Waals surface area contributed by atoms with Crippen molar-refractivity contribution in [1.29, 1.82) is 0 Å². The molecule has 0 spiro atoms. The zero-order valence-electron chi connectivity index (χ0n) is 17.1. The zero-order chi connectivity index (χ0) is 23.3. The van der Waals surface area contributed by atoms with Gasteiger partial charge in [-0.05, 0) is 31.9 Å². The van der Waals surface area contributed by atoms with Crippen LogP contribution in [0.1, 0.15) is 57.1 Å². The lowest BCUT2D eigenvalue weighted by Gasteiger charge is -2.31. The molecule has 0 unspecified atom stereocenters. The molecule has 1 saturated heterocycles. The number of thiazole rings is 1. The second kappa shape index (κ2) is 9.98. The number of likely N-dealkylation sites (tertiary alicyclic amines) is 1. The highest BCUT2D eigenvalue weighted by Gasteiger charge is 2.36. The van der Waals surface area contributed by atoms with Crippen LogP contribution >= 0.6 is 11.3 Å². The molecule has 12 heteroatoms. The fraction of sp³-hybridized carbons (Fsp3) is 0.400. The predicted molar refractivity (Wildman–Crippen MR) is 109 cm³/mol. The Morgan fingerprint density at radius 3 is 2.53 bits per heavy atom. The van der Waals surface area contributed by atoms with Crippen molar-refractivity contribution in [2.45, 2.75) is 31.9 Å². The Bertz CT molecular complexity index is 987. The number of carbonyl (C=O) groups is 3. The van der Waals surface area contributed by atoms with Crippen molar-refractivity contribution in [1.82, 2.24) is 20.7 Å². The Labute approximate surface area is 185 Å². The number of amides is 3. The number of nitrogens with zero attached hydrogens (tertiary/aromatic N) is 2. The van der Waals surface area contributed by atoms with Crippen molar-refractivity contribution in [3.05, 3.63) is 51.5 Å². The molecular weight excluding hydrogens is 449 g/mol. The van der Waals surface area contributed by atoms with Crippen LogP contribution in [0, 0.1) is 0 Å². The number of carbonyl (C=O) groups excluding carboxylic acids is 3. The third-order valence-electron chi connectivity index (χ3n) is 4.90. The van der Waals surface area contributed by atoms with Gasteiger partial charge in [0, 0.05) is 24.4 Å². The van der Waals surface area contributed by atoms with Crippen LogP contribution in [0.3, 0.4) is 0 Å². The molecule has 172 valence electrons. The molecule has 3 amide bonds. The van der Waals surface area contributed by atoms with Gasteiger partial charge in [0.1, 0.15) is 5.69 Å². The van der Waals surface area contributed by atoms with Gasteiger partial charge < -0.3 is 9.64 Å². The summed E-state index contributed by atoms with van der Waals surface area (Å²) in [6, 6.07) is 4.75. The van der Waals surface area contributed by atoms with Gasteiger partial charge in [-0.25, -0.2) is 15.2 Å². The number of piperidine rings is 1. The summed E-state index contributed by atoms with van der Waals surface area (Å²) >= 11 is 1.27. The van der Waals surface area contributed by atoms with Crippen LogP contribution in [-0.4, -0.2) is 47.5 Å². The third-order valence-corrected chi connectivity index (χ3v) is 5.91. The number of aromatic nitrogens is 1. The first kappa shape index (κ1) is 23.5. The van der Waals surface area contributed by atoms with E-state index in [-0.39, 0.29) is 36.9 Å². The van der Waals surface area contributed by atoms with Gasteiger partial charge in [0.15, 0.2) is 0 Å². The molecule has 2 aromatic rings. The van der Waals surface area contributed by atoms with Crippen molar-refractivity contribution < 1.29 is 32.3 Å². The molecule has 1 aromatic heterocycles. The van der Waals surface area contributed by atoms with E-state index in [4.69, 9.17) is 0 Å². The number of halogens is 3. The van der Waals surface area contributed by atoms with Gasteiger partial charge in [-0.3, -0.25) is 15.0 Å². The van der Waals surface area contributed by atoms with Crippen LogP contribution in [0.4, 0.5) is 18.0 Å². The van der Waals surface area contributed by atoms with Crippen molar-refractivity contribution in [2.24, 2.45) is 0 Å².